The fourth-order valence-electron chi connectivity index (χ4n) is 3.08. The fourth-order valence-corrected chi connectivity index (χ4v) is 3.08. The Balaban J connectivity index is 1.91. The molecule has 3 nitrogen and oxygen atoms in total. The lowest BCUT2D eigenvalue weighted by molar-refractivity contribution is 0.100. The first kappa shape index (κ1) is 18.4. The van der Waals surface area contributed by atoms with E-state index in [4.69, 9.17) is 4.99 Å². The van der Waals surface area contributed by atoms with E-state index in [0.29, 0.717) is 11.4 Å². The van der Waals surface area contributed by atoms with Gasteiger partial charge in [0.1, 0.15) is 5.84 Å². The van der Waals surface area contributed by atoms with Crippen LogP contribution in [-0.2, 0) is 0 Å². The highest BCUT2D eigenvalue weighted by Gasteiger charge is 2.24. The van der Waals surface area contributed by atoms with Gasteiger partial charge in [0.25, 0.3) is 5.91 Å². The number of hydrogen-bond acceptors (Lipinski definition) is 2. The minimum absolute atomic E-state index is 0.129. The second-order valence-electron chi connectivity index (χ2n) is 6.48. The Bertz CT molecular complexity index is 1090. The first-order valence-electron chi connectivity index (χ1n) is 9.46. The summed E-state index contributed by atoms with van der Waals surface area (Å²) < 4.78 is 0. The van der Waals surface area contributed by atoms with Crippen LogP contribution in [0.15, 0.2) is 126 Å². The van der Waals surface area contributed by atoms with E-state index in [0.717, 1.165) is 16.9 Å². The standard InChI is InChI=1S/C26H20N2O/c29-26(22-15-7-2-8-16-22)28(24-19-11-4-12-20-24)25(21-13-5-1-6-14-21)27-23-17-9-3-10-18-23/h1-20H. The van der Waals surface area contributed by atoms with Gasteiger partial charge in [0.05, 0.1) is 11.4 Å². The number of para-hydroxylation sites is 2. The van der Waals surface area contributed by atoms with Gasteiger partial charge in [0.2, 0.25) is 0 Å². The van der Waals surface area contributed by atoms with Crippen LogP contribution in [0.1, 0.15) is 15.9 Å². The summed E-state index contributed by atoms with van der Waals surface area (Å²) in [6, 6.07) is 38.4. The Kier molecular flexibility index (Phi) is 5.58. The fraction of sp³-hybridized carbons (Fsp3) is 0. The van der Waals surface area contributed by atoms with E-state index < -0.39 is 0 Å². The molecule has 4 aromatic rings. The van der Waals surface area contributed by atoms with E-state index in [9.17, 15) is 4.79 Å². The quantitative estimate of drug-likeness (QED) is 0.312. The smallest absolute Gasteiger partial charge is 0.264 e. The molecule has 0 spiro atoms. The molecular formula is C26H20N2O. The topological polar surface area (TPSA) is 32.7 Å². The van der Waals surface area contributed by atoms with Gasteiger partial charge in [-0.05, 0) is 36.4 Å². The summed E-state index contributed by atoms with van der Waals surface area (Å²) in [5.74, 6) is 0.451. The van der Waals surface area contributed by atoms with Gasteiger partial charge < -0.3 is 0 Å². The van der Waals surface area contributed by atoms with Crippen molar-refractivity contribution >= 4 is 23.1 Å². The molecule has 0 N–H and O–H groups in total. The van der Waals surface area contributed by atoms with Crippen LogP contribution in [0, 0.1) is 0 Å². The average molecular weight is 376 g/mol. The number of carbonyl (C=O) groups excluding carboxylic acids is 1. The molecule has 0 saturated heterocycles. The van der Waals surface area contributed by atoms with E-state index in [-0.39, 0.29) is 5.91 Å². The molecule has 0 unspecified atom stereocenters. The number of benzene rings is 4. The van der Waals surface area contributed by atoms with E-state index >= 15 is 0 Å². The Morgan fingerprint density at radius 3 is 1.55 bits per heavy atom. The van der Waals surface area contributed by atoms with Crippen molar-refractivity contribution in [3.05, 3.63) is 132 Å². The molecule has 0 fully saturated rings. The van der Waals surface area contributed by atoms with Crippen LogP contribution >= 0.6 is 0 Å². The predicted octanol–water partition coefficient (Wildman–Crippen LogP) is 6.11. The van der Waals surface area contributed by atoms with Crippen molar-refractivity contribution in [3.8, 4) is 0 Å². The van der Waals surface area contributed by atoms with E-state index in [1.807, 2.05) is 121 Å². The maximum atomic E-state index is 13.6. The lowest BCUT2D eigenvalue weighted by Crippen LogP contribution is -2.37. The monoisotopic (exact) mass is 376 g/mol. The average Bonchev–Trinajstić information content (AvgIpc) is 2.81. The first-order valence-corrected chi connectivity index (χ1v) is 9.46. The van der Waals surface area contributed by atoms with Crippen molar-refractivity contribution < 1.29 is 4.79 Å². The number of amidine groups is 1. The highest BCUT2D eigenvalue weighted by atomic mass is 16.2. The Labute approximate surface area is 170 Å². The van der Waals surface area contributed by atoms with Crippen LogP contribution < -0.4 is 4.90 Å². The summed E-state index contributed by atoms with van der Waals surface area (Å²) in [5, 5.41) is 0. The minimum atomic E-state index is -0.129. The maximum absolute atomic E-state index is 13.6. The summed E-state index contributed by atoms with van der Waals surface area (Å²) in [5.41, 5.74) is 3.02. The zero-order chi connectivity index (χ0) is 19.9. The van der Waals surface area contributed by atoms with Gasteiger partial charge in [-0.15, -0.1) is 0 Å². The number of nitrogens with zero attached hydrogens (tertiary/aromatic N) is 2. The summed E-state index contributed by atoms with van der Waals surface area (Å²) in [4.78, 5) is 20.1. The van der Waals surface area contributed by atoms with Gasteiger partial charge in [-0.3, -0.25) is 9.69 Å². The molecule has 0 atom stereocenters. The molecule has 1 amide bonds. The molecule has 0 saturated carbocycles. The molecule has 0 radical (unpaired) electrons. The van der Waals surface area contributed by atoms with Crippen LogP contribution in [-0.4, -0.2) is 11.7 Å². The summed E-state index contributed by atoms with van der Waals surface area (Å²) in [7, 11) is 0. The summed E-state index contributed by atoms with van der Waals surface area (Å²) >= 11 is 0. The van der Waals surface area contributed by atoms with Gasteiger partial charge in [0, 0.05) is 11.1 Å². The molecule has 0 aliphatic carbocycles. The molecule has 0 aliphatic rings. The van der Waals surface area contributed by atoms with Crippen molar-refractivity contribution in [3.63, 3.8) is 0 Å². The van der Waals surface area contributed by atoms with E-state index in [1.54, 1.807) is 4.90 Å². The van der Waals surface area contributed by atoms with Gasteiger partial charge >= 0.3 is 0 Å². The summed E-state index contributed by atoms with van der Waals surface area (Å²) in [6.45, 7) is 0. The second kappa shape index (κ2) is 8.81. The third-order valence-corrected chi connectivity index (χ3v) is 4.47. The largest absolute Gasteiger partial charge is 0.268 e. The molecule has 0 aromatic heterocycles. The molecular weight excluding hydrogens is 356 g/mol. The lowest BCUT2D eigenvalue weighted by atomic mass is 10.1. The highest BCUT2D eigenvalue weighted by Crippen LogP contribution is 2.23. The number of hydrogen-bond donors (Lipinski definition) is 0. The minimum Gasteiger partial charge on any atom is -0.268 e. The van der Waals surface area contributed by atoms with Crippen LogP contribution in [0.4, 0.5) is 11.4 Å². The van der Waals surface area contributed by atoms with Crippen molar-refractivity contribution in [1.82, 2.24) is 0 Å². The maximum Gasteiger partial charge on any atom is 0.264 e. The van der Waals surface area contributed by atoms with Gasteiger partial charge in [0.15, 0.2) is 0 Å². The van der Waals surface area contributed by atoms with Crippen molar-refractivity contribution in [2.45, 2.75) is 0 Å². The highest BCUT2D eigenvalue weighted by molar-refractivity contribution is 6.28. The van der Waals surface area contributed by atoms with E-state index in [1.165, 1.54) is 0 Å². The Hall–Kier alpha value is -3.98. The molecule has 4 rings (SSSR count). The third-order valence-electron chi connectivity index (χ3n) is 4.47. The number of carbonyl (C=O) groups is 1. The molecule has 3 heteroatoms. The van der Waals surface area contributed by atoms with Crippen molar-refractivity contribution in [1.29, 1.82) is 0 Å². The molecule has 140 valence electrons. The van der Waals surface area contributed by atoms with Crippen molar-refractivity contribution in [2.75, 3.05) is 4.90 Å². The molecule has 0 bridgehead atoms. The van der Waals surface area contributed by atoms with Gasteiger partial charge in [-0.1, -0.05) is 84.9 Å². The number of aliphatic imine (C=N–C) groups is 1. The molecule has 4 aromatic carbocycles. The second-order valence-corrected chi connectivity index (χ2v) is 6.48. The SMILES string of the molecule is O=C(c1ccccc1)N(C(=Nc1ccccc1)c1ccccc1)c1ccccc1. The van der Waals surface area contributed by atoms with Crippen LogP contribution in [0.3, 0.4) is 0 Å². The zero-order valence-corrected chi connectivity index (χ0v) is 15.8. The normalized spacial score (nSPS) is 11.1. The van der Waals surface area contributed by atoms with Gasteiger partial charge in [-0.2, -0.15) is 0 Å². The van der Waals surface area contributed by atoms with Crippen LogP contribution in [0.5, 0.6) is 0 Å². The van der Waals surface area contributed by atoms with Gasteiger partial charge in [-0.25, -0.2) is 4.99 Å². The van der Waals surface area contributed by atoms with Crippen molar-refractivity contribution in [2.24, 2.45) is 4.99 Å². The predicted molar refractivity (Wildman–Crippen MR) is 119 cm³/mol. The molecule has 29 heavy (non-hydrogen) atoms. The number of rotatable bonds is 4. The number of amides is 1. The zero-order valence-electron chi connectivity index (χ0n) is 15.8. The summed E-state index contributed by atoms with van der Waals surface area (Å²) in [6.07, 6.45) is 0. The Morgan fingerprint density at radius 2 is 1.00 bits per heavy atom. The lowest BCUT2D eigenvalue weighted by Gasteiger charge is -2.25. The van der Waals surface area contributed by atoms with Crippen LogP contribution in [0.25, 0.3) is 0 Å². The molecule has 0 heterocycles. The first-order chi connectivity index (χ1) is 14.3. The van der Waals surface area contributed by atoms with E-state index in [2.05, 4.69) is 0 Å². The molecule has 0 aliphatic heterocycles. The third kappa shape index (κ3) is 4.30. The van der Waals surface area contributed by atoms with Crippen LogP contribution in [0.2, 0.25) is 0 Å². The Morgan fingerprint density at radius 1 is 0.552 bits per heavy atom. The number of anilines is 1.